The first-order valence-corrected chi connectivity index (χ1v) is 12.0. The van der Waals surface area contributed by atoms with Gasteiger partial charge in [-0.15, -0.1) is 0 Å². The molecule has 0 fully saturated rings. The minimum atomic E-state index is -0.711. The number of nitrogens with zero attached hydrogens (tertiary/aromatic N) is 4. The Bertz CT molecular complexity index is 1500. The fourth-order valence-electron chi connectivity index (χ4n) is 3.99. The fraction of sp³-hybridized carbons (Fsp3) is 0.333. The molecule has 0 N–H and O–H groups in total. The number of carbonyl (C=O) groups excluding carboxylic acids is 1. The zero-order chi connectivity index (χ0) is 26.4. The van der Waals surface area contributed by atoms with E-state index in [-0.39, 0.29) is 30.9 Å². The van der Waals surface area contributed by atoms with Crippen LogP contribution in [-0.2, 0) is 33.9 Å². The van der Waals surface area contributed by atoms with E-state index in [9.17, 15) is 14.4 Å². The van der Waals surface area contributed by atoms with E-state index in [1.165, 1.54) is 10.9 Å². The van der Waals surface area contributed by atoms with E-state index in [0.29, 0.717) is 18.9 Å². The lowest BCUT2D eigenvalue weighted by Crippen LogP contribution is -2.42. The Labute approximate surface area is 213 Å². The van der Waals surface area contributed by atoms with Gasteiger partial charge in [0.2, 0.25) is 0 Å². The smallest absolute Gasteiger partial charge is 0.333 e. The molecule has 0 radical (unpaired) electrons. The molecule has 10 heteroatoms. The number of imidazole rings is 1. The number of hydrogen-bond donors (Lipinski definition) is 0. The molecule has 0 bridgehead atoms. The summed E-state index contributed by atoms with van der Waals surface area (Å²) >= 11 is 0. The number of ether oxygens (including phenoxy) is 3. The van der Waals surface area contributed by atoms with Crippen molar-refractivity contribution in [2.45, 2.75) is 33.5 Å². The van der Waals surface area contributed by atoms with Crippen molar-refractivity contribution in [2.75, 3.05) is 26.9 Å². The average molecular weight is 507 g/mol. The zero-order valence-electron chi connectivity index (χ0n) is 21.2. The third kappa shape index (κ3) is 5.97. The number of carbonyl (C=O) groups is 1. The van der Waals surface area contributed by atoms with Crippen molar-refractivity contribution in [3.8, 4) is 5.75 Å². The number of rotatable bonds is 11. The van der Waals surface area contributed by atoms with Gasteiger partial charge in [-0.05, 0) is 36.6 Å². The average Bonchev–Trinajstić information content (AvgIpc) is 3.32. The minimum absolute atomic E-state index is 0.0206. The molecule has 0 spiro atoms. The number of hydrogen-bond acceptors (Lipinski definition) is 7. The lowest BCUT2D eigenvalue weighted by molar-refractivity contribution is -0.145. The van der Waals surface area contributed by atoms with Crippen molar-refractivity contribution < 1.29 is 19.0 Å². The molecule has 4 aromatic rings. The largest absolute Gasteiger partial charge is 0.490 e. The van der Waals surface area contributed by atoms with E-state index >= 15 is 0 Å². The number of benzene rings is 2. The van der Waals surface area contributed by atoms with Gasteiger partial charge in [0.25, 0.3) is 5.56 Å². The van der Waals surface area contributed by atoms with Crippen molar-refractivity contribution in [1.82, 2.24) is 18.7 Å². The highest BCUT2D eigenvalue weighted by Gasteiger charge is 2.20. The monoisotopic (exact) mass is 506 g/mol. The van der Waals surface area contributed by atoms with Crippen LogP contribution in [0.15, 0.2) is 64.4 Å². The Morgan fingerprint density at radius 2 is 1.76 bits per heavy atom. The molecule has 0 atom stereocenters. The van der Waals surface area contributed by atoms with Gasteiger partial charge in [-0.25, -0.2) is 14.3 Å². The highest BCUT2D eigenvalue weighted by molar-refractivity contribution is 5.72. The van der Waals surface area contributed by atoms with Gasteiger partial charge in [0, 0.05) is 13.7 Å². The van der Waals surface area contributed by atoms with Crippen LogP contribution in [0.25, 0.3) is 11.2 Å². The molecule has 0 amide bonds. The minimum Gasteiger partial charge on any atom is -0.490 e. The number of methoxy groups -OCH3 is 1. The first-order chi connectivity index (χ1) is 17.9. The predicted octanol–water partition coefficient (Wildman–Crippen LogP) is 2.29. The molecule has 194 valence electrons. The van der Waals surface area contributed by atoms with Crippen LogP contribution in [-0.4, -0.2) is 51.6 Å². The van der Waals surface area contributed by atoms with Gasteiger partial charge in [0.1, 0.15) is 25.5 Å². The highest BCUT2D eigenvalue weighted by atomic mass is 16.6. The van der Waals surface area contributed by atoms with Crippen LogP contribution in [0.5, 0.6) is 5.75 Å². The number of fused-ring (bicyclic) bond motifs is 1. The molecule has 2 aromatic heterocycles. The quantitative estimate of drug-likeness (QED) is 0.227. The molecular formula is C27H30N4O6. The Morgan fingerprint density at radius 1 is 0.973 bits per heavy atom. The molecule has 0 aliphatic carbocycles. The topological polar surface area (TPSA) is 107 Å². The number of aromatic nitrogens is 4. The summed E-state index contributed by atoms with van der Waals surface area (Å²) in [7, 11) is 1.56. The van der Waals surface area contributed by atoms with Crippen LogP contribution < -0.4 is 16.0 Å². The van der Waals surface area contributed by atoms with Gasteiger partial charge in [-0.2, -0.15) is 0 Å². The first kappa shape index (κ1) is 25.9. The summed E-state index contributed by atoms with van der Waals surface area (Å²) in [6.45, 7) is 4.40. The van der Waals surface area contributed by atoms with E-state index in [0.717, 1.165) is 21.3 Å². The van der Waals surface area contributed by atoms with Crippen molar-refractivity contribution in [3.05, 3.63) is 92.4 Å². The second-order valence-corrected chi connectivity index (χ2v) is 8.69. The maximum absolute atomic E-state index is 13.4. The Morgan fingerprint density at radius 3 is 2.51 bits per heavy atom. The van der Waals surface area contributed by atoms with E-state index in [4.69, 9.17) is 14.2 Å². The SMILES string of the molecule is COCCn1cnc2c1c(=O)n(CC(=O)OCCOc1cc(C)ccc1C)c(=O)n2Cc1ccccc1. The Kier molecular flexibility index (Phi) is 8.19. The lowest BCUT2D eigenvalue weighted by Gasteiger charge is -2.13. The highest BCUT2D eigenvalue weighted by Crippen LogP contribution is 2.18. The summed E-state index contributed by atoms with van der Waals surface area (Å²) in [5.41, 5.74) is 2.11. The zero-order valence-corrected chi connectivity index (χ0v) is 21.2. The molecule has 0 aliphatic heterocycles. The van der Waals surface area contributed by atoms with E-state index in [1.807, 2.05) is 62.4 Å². The molecule has 4 rings (SSSR count). The maximum atomic E-state index is 13.4. The summed E-state index contributed by atoms with van der Waals surface area (Å²) in [5.74, 6) is 0.00294. The van der Waals surface area contributed by atoms with E-state index < -0.39 is 23.8 Å². The second-order valence-electron chi connectivity index (χ2n) is 8.69. The van der Waals surface area contributed by atoms with Gasteiger partial charge in [0.15, 0.2) is 11.2 Å². The molecule has 2 aromatic carbocycles. The lowest BCUT2D eigenvalue weighted by atomic mass is 10.1. The summed E-state index contributed by atoms with van der Waals surface area (Å²) in [6, 6.07) is 15.2. The van der Waals surface area contributed by atoms with Gasteiger partial charge in [-0.1, -0.05) is 42.5 Å². The van der Waals surface area contributed by atoms with Crippen LogP contribution in [0.2, 0.25) is 0 Å². The van der Waals surface area contributed by atoms with Gasteiger partial charge in [-0.3, -0.25) is 14.2 Å². The Hall–Kier alpha value is -4.18. The maximum Gasteiger partial charge on any atom is 0.333 e. The molecule has 0 aliphatic rings. The molecular weight excluding hydrogens is 476 g/mol. The summed E-state index contributed by atoms with van der Waals surface area (Å²) in [5, 5.41) is 0. The predicted molar refractivity (Wildman–Crippen MR) is 138 cm³/mol. The van der Waals surface area contributed by atoms with Crippen molar-refractivity contribution in [3.63, 3.8) is 0 Å². The number of esters is 1. The third-order valence-corrected chi connectivity index (χ3v) is 5.94. The van der Waals surface area contributed by atoms with Crippen LogP contribution in [0, 0.1) is 13.8 Å². The summed E-state index contributed by atoms with van der Waals surface area (Å²) < 4.78 is 20.0. The van der Waals surface area contributed by atoms with Crippen LogP contribution in [0.4, 0.5) is 0 Å². The van der Waals surface area contributed by atoms with Gasteiger partial charge in [0.05, 0.1) is 19.5 Å². The normalized spacial score (nSPS) is 11.1. The second kappa shape index (κ2) is 11.7. The van der Waals surface area contributed by atoms with E-state index in [2.05, 4.69) is 4.98 Å². The van der Waals surface area contributed by atoms with Crippen LogP contribution in [0.1, 0.15) is 16.7 Å². The standard InChI is InChI=1S/C27H30N4O6/c1-19-9-10-20(2)22(15-19)36-13-14-37-23(32)17-31-26(33)24-25(28-18-29(24)11-12-35-3)30(27(31)34)16-21-7-5-4-6-8-21/h4-10,15,18H,11-14,16-17H2,1-3H3. The van der Waals surface area contributed by atoms with Gasteiger partial charge >= 0.3 is 11.7 Å². The fourth-order valence-corrected chi connectivity index (χ4v) is 3.99. The molecule has 10 nitrogen and oxygen atoms in total. The van der Waals surface area contributed by atoms with Crippen molar-refractivity contribution >= 4 is 17.1 Å². The molecule has 0 saturated carbocycles. The Balaban J connectivity index is 1.56. The summed E-state index contributed by atoms with van der Waals surface area (Å²) in [4.78, 5) is 43.7. The van der Waals surface area contributed by atoms with Crippen LogP contribution >= 0.6 is 0 Å². The van der Waals surface area contributed by atoms with E-state index in [1.54, 1.807) is 11.7 Å². The van der Waals surface area contributed by atoms with Crippen LogP contribution in [0.3, 0.4) is 0 Å². The molecule has 0 unspecified atom stereocenters. The summed E-state index contributed by atoms with van der Waals surface area (Å²) in [6.07, 6.45) is 1.50. The molecule has 2 heterocycles. The van der Waals surface area contributed by atoms with Gasteiger partial charge < -0.3 is 18.8 Å². The van der Waals surface area contributed by atoms with Crippen molar-refractivity contribution in [2.24, 2.45) is 0 Å². The molecule has 37 heavy (non-hydrogen) atoms. The molecule has 0 saturated heterocycles. The third-order valence-electron chi connectivity index (χ3n) is 5.94. The van der Waals surface area contributed by atoms with Crippen molar-refractivity contribution in [1.29, 1.82) is 0 Å². The first-order valence-electron chi connectivity index (χ1n) is 12.0. The number of aryl methyl sites for hydroxylation is 2.